The number of nitrogens with one attached hydrogen (secondary N) is 2. The Kier molecular flexibility index (Phi) is 7.95. The Bertz CT molecular complexity index is 663. The number of hydrogen-bond donors (Lipinski definition) is 2. The van der Waals surface area contributed by atoms with Crippen LogP contribution in [0.25, 0.3) is 0 Å². The minimum absolute atomic E-state index is 0.0491. The van der Waals surface area contributed by atoms with Gasteiger partial charge in [-0.25, -0.2) is 0 Å². The molecule has 2 rings (SSSR count). The molecule has 4 unspecified atom stereocenters. The molecule has 5 nitrogen and oxygen atoms in total. The van der Waals surface area contributed by atoms with Crippen LogP contribution < -0.4 is 10.6 Å². The molecule has 0 spiro atoms. The van der Waals surface area contributed by atoms with Gasteiger partial charge in [-0.1, -0.05) is 56.0 Å². The van der Waals surface area contributed by atoms with E-state index in [1.165, 1.54) is 6.42 Å². The molecule has 2 amide bonds. The third kappa shape index (κ3) is 5.84. The summed E-state index contributed by atoms with van der Waals surface area (Å²) in [5.74, 6) is 0.757. The molecule has 0 radical (unpaired) electrons. The highest BCUT2D eigenvalue weighted by atomic mass is 35.5. The molecule has 1 aromatic rings. The van der Waals surface area contributed by atoms with E-state index in [9.17, 15) is 9.59 Å². The summed E-state index contributed by atoms with van der Waals surface area (Å²) >= 11 is 12.2. The quantitative estimate of drug-likeness (QED) is 0.734. The molecule has 2 N–H and O–H groups in total. The predicted molar refractivity (Wildman–Crippen MR) is 111 cm³/mol. The number of likely N-dealkylation sites (N-methyl/N-ethyl adjacent to an activating group) is 1. The molecule has 1 aromatic carbocycles. The highest BCUT2D eigenvalue weighted by molar-refractivity contribution is 6.39. The van der Waals surface area contributed by atoms with Crippen molar-refractivity contribution in [2.75, 3.05) is 18.9 Å². The van der Waals surface area contributed by atoms with Crippen LogP contribution >= 0.6 is 23.2 Å². The Morgan fingerprint density at radius 3 is 2.48 bits per heavy atom. The van der Waals surface area contributed by atoms with E-state index in [4.69, 9.17) is 23.2 Å². The van der Waals surface area contributed by atoms with Crippen LogP contribution in [0.1, 0.15) is 40.0 Å². The van der Waals surface area contributed by atoms with Gasteiger partial charge in [-0.2, -0.15) is 0 Å². The minimum Gasteiger partial charge on any atom is -0.352 e. The smallest absolute Gasteiger partial charge is 0.238 e. The average molecular weight is 414 g/mol. The van der Waals surface area contributed by atoms with Gasteiger partial charge >= 0.3 is 0 Å². The van der Waals surface area contributed by atoms with E-state index in [1.807, 2.05) is 6.92 Å². The van der Waals surface area contributed by atoms with Gasteiger partial charge < -0.3 is 10.6 Å². The van der Waals surface area contributed by atoms with Crippen molar-refractivity contribution in [2.24, 2.45) is 11.8 Å². The zero-order chi connectivity index (χ0) is 20.1. The number of anilines is 1. The van der Waals surface area contributed by atoms with Crippen molar-refractivity contribution in [1.29, 1.82) is 0 Å². The van der Waals surface area contributed by atoms with E-state index in [-0.39, 0.29) is 24.4 Å². The van der Waals surface area contributed by atoms with Gasteiger partial charge in [-0.3, -0.25) is 14.5 Å². The number of amides is 2. The van der Waals surface area contributed by atoms with Crippen molar-refractivity contribution in [3.63, 3.8) is 0 Å². The Morgan fingerprint density at radius 2 is 1.85 bits per heavy atom. The zero-order valence-corrected chi connectivity index (χ0v) is 17.9. The highest BCUT2D eigenvalue weighted by Crippen LogP contribution is 2.30. The molecule has 4 atom stereocenters. The lowest BCUT2D eigenvalue weighted by molar-refractivity contribution is -0.127. The summed E-state index contributed by atoms with van der Waals surface area (Å²) in [5, 5.41) is 6.65. The second kappa shape index (κ2) is 9.76. The van der Waals surface area contributed by atoms with Crippen molar-refractivity contribution in [3.8, 4) is 0 Å². The summed E-state index contributed by atoms with van der Waals surface area (Å²) < 4.78 is 0. The molecule has 150 valence electrons. The van der Waals surface area contributed by atoms with Crippen LogP contribution in [0, 0.1) is 11.8 Å². The molecule has 1 aliphatic rings. The fourth-order valence-electron chi connectivity index (χ4n) is 3.45. The van der Waals surface area contributed by atoms with Gasteiger partial charge in [-0.15, -0.1) is 0 Å². The van der Waals surface area contributed by atoms with E-state index >= 15 is 0 Å². The van der Waals surface area contributed by atoms with Gasteiger partial charge in [0, 0.05) is 6.04 Å². The average Bonchev–Trinajstić information content (AvgIpc) is 2.61. The summed E-state index contributed by atoms with van der Waals surface area (Å²) in [6.07, 6.45) is 3.37. The van der Waals surface area contributed by atoms with Gasteiger partial charge in [0.25, 0.3) is 0 Å². The number of carbonyl (C=O) groups is 2. The number of benzene rings is 1. The first-order valence-electron chi connectivity index (χ1n) is 9.45. The van der Waals surface area contributed by atoms with Gasteiger partial charge in [-0.05, 0) is 44.4 Å². The lowest BCUT2D eigenvalue weighted by Gasteiger charge is -2.36. The van der Waals surface area contributed by atoms with Crippen molar-refractivity contribution >= 4 is 40.7 Å². The molecule has 0 bridgehead atoms. The first kappa shape index (κ1) is 22.0. The molecule has 1 saturated carbocycles. The van der Waals surface area contributed by atoms with Crippen molar-refractivity contribution in [2.45, 2.75) is 52.1 Å². The summed E-state index contributed by atoms with van der Waals surface area (Å²) in [4.78, 5) is 26.7. The second-order valence-electron chi connectivity index (χ2n) is 7.62. The number of para-hydroxylation sites is 1. The molecule has 7 heteroatoms. The van der Waals surface area contributed by atoms with Crippen LogP contribution in [0.2, 0.25) is 10.0 Å². The second-order valence-corrected chi connectivity index (χ2v) is 8.43. The summed E-state index contributed by atoms with van der Waals surface area (Å²) in [5.41, 5.74) is 0.390. The van der Waals surface area contributed by atoms with Crippen molar-refractivity contribution < 1.29 is 9.59 Å². The highest BCUT2D eigenvalue weighted by Gasteiger charge is 2.30. The lowest BCUT2D eigenvalue weighted by Crippen LogP contribution is -2.51. The Balaban J connectivity index is 1.89. The number of halogens is 2. The summed E-state index contributed by atoms with van der Waals surface area (Å²) in [7, 11) is 1.75. The van der Waals surface area contributed by atoms with E-state index in [0.717, 1.165) is 12.8 Å². The Hall–Kier alpha value is -1.30. The van der Waals surface area contributed by atoms with Crippen LogP contribution in [0.3, 0.4) is 0 Å². The maximum atomic E-state index is 12.6. The topological polar surface area (TPSA) is 61.4 Å². The van der Waals surface area contributed by atoms with Gasteiger partial charge in [0.2, 0.25) is 11.8 Å². The normalized spacial score (nSPS) is 23.7. The summed E-state index contributed by atoms with van der Waals surface area (Å²) in [6, 6.07) is 4.82. The first-order chi connectivity index (χ1) is 12.7. The van der Waals surface area contributed by atoms with Gasteiger partial charge in [0.05, 0.1) is 28.3 Å². The molecule has 0 heterocycles. The van der Waals surface area contributed by atoms with Crippen LogP contribution in [-0.2, 0) is 9.59 Å². The van der Waals surface area contributed by atoms with E-state index in [0.29, 0.717) is 27.6 Å². The molecule has 1 aliphatic carbocycles. The number of carbonyl (C=O) groups excluding carboxylic acids is 2. The number of rotatable bonds is 6. The SMILES string of the molecule is CC1CCCC(NC(=O)C(C)N(C)CC(=O)Nc2c(Cl)cccc2Cl)C1C. The van der Waals surface area contributed by atoms with Crippen LogP contribution in [0.15, 0.2) is 18.2 Å². The van der Waals surface area contributed by atoms with E-state index < -0.39 is 6.04 Å². The molecule has 0 aliphatic heterocycles. The predicted octanol–water partition coefficient (Wildman–Crippen LogP) is 4.19. The number of hydrogen-bond acceptors (Lipinski definition) is 3. The maximum absolute atomic E-state index is 12.6. The van der Waals surface area contributed by atoms with E-state index in [2.05, 4.69) is 24.5 Å². The Labute approximate surface area is 171 Å². The van der Waals surface area contributed by atoms with Crippen LogP contribution in [0.5, 0.6) is 0 Å². The molecule has 1 fully saturated rings. The fraction of sp³-hybridized carbons (Fsp3) is 0.600. The largest absolute Gasteiger partial charge is 0.352 e. The van der Waals surface area contributed by atoms with Crippen molar-refractivity contribution in [3.05, 3.63) is 28.2 Å². The number of nitrogens with zero attached hydrogens (tertiary/aromatic N) is 1. The van der Waals surface area contributed by atoms with Crippen LogP contribution in [0.4, 0.5) is 5.69 Å². The molecule has 0 aromatic heterocycles. The van der Waals surface area contributed by atoms with Crippen LogP contribution in [-0.4, -0.2) is 42.4 Å². The third-order valence-electron chi connectivity index (χ3n) is 5.70. The zero-order valence-electron chi connectivity index (χ0n) is 16.4. The summed E-state index contributed by atoms with van der Waals surface area (Å²) in [6.45, 7) is 6.31. The first-order valence-corrected chi connectivity index (χ1v) is 10.2. The molecule has 27 heavy (non-hydrogen) atoms. The van der Waals surface area contributed by atoms with E-state index in [1.54, 1.807) is 30.1 Å². The van der Waals surface area contributed by atoms with Gasteiger partial charge in [0.15, 0.2) is 0 Å². The monoisotopic (exact) mass is 413 g/mol. The molecular weight excluding hydrogens is 385 g/mol. The minimum atomic E-state index is -0.415. The molecular formula is C20H29Cl2N3O2. The standard InChI is InChI=1S/C20H29Cl2N3O2/c1-12-7-5-10-17(13(12)2)23-20(27)14(3)25(4)11-18(26)24-19-15(21)8-6-9-16(19)22/h6,8-9,12-14,17H,5,7,10-11H2,1-4H3,(H,23,27)(H,24,26). The lowest BCUT2D eigenvalue weighted by atomic mass is 9.78. The molecule has 0 saturated heterocycles. The fourth-order valence-corrected chi connectivity index (χ4v) is 3.94. The third-order valence-corrected chi connectivity index (χ3v) is 6.33. The van der Waals surface area contributed by atoms with Crippen molar-refractivity contribution in [1.82, 2.24) is 10.2 Å². The van der Waals surface area contributed by atoms with Gasteiger partial charge in [0.1, 0.15) is 0 Å². The Morgan fingerprint density at radius 1 is 1.22 bits per heavy atom. The maximum Gasteiger partial charge on any atom is 0.238 e.